The van der Waals surface area contributed by atoms with Gasteiger partial charge in [-0.3, -0.25) is 4.79 Å². The summed E-state index contributed by atoms with van der Waals surface area (Å²) in [4.78, 5) is 44.7. The summed E-state index contributed by atoms with van der Waals surface area (Å²) in [5.74, 6) is 1.17. The number of allylic oxidation sites excluding steroid dienone is 1. The van der Waals surface area contributed by atoms with Crippen molar-refractivity contribution in [3.05, 3.63) is 59.0 Å². The maximum absolute atomic E-state index is 13.4. The number of amides is 4. The highest BCUT2D eigenvalue weighted by Crippen LogP contribution is 2.29. The summed E-state index contributed by atoms with van der Waals surface area (Å²) in [5, 5.41) is 6.54. The Morgan fingerprint density at radius 3 is 2.79 bits per heavy atom. The molecular weight excluding hydrogens is 498 g/mol. The molecular formula is C25H26N5O8+. The lowest BCUT2D eigenvalue weighted by molar-refractivity contribution is -0.425. The lowest BCUT2D eigenvalue weighted by Crippen LogP contribution is -2.53. The SMILES string of the molecule is COc1ccc(CCNC(=O)C[N+]2=C3C=C4OCOC4C=C3C(=O)N(Cc3nc(C)no3)C2=O)cc1OC. The molecule has 5 rings (SSSR count). The number of hydrogen-bond acceptors (Lipinski definition) is 10. The number of ether oxygens (including phenoxy) is 4. The number of benzene rings is 1. The van der Waals surface area contributed by atoms with Gasteiger partial charge in [0.25, 0.3) is 11.8 Å². The largest absolute Gasteiger partial charge is 0.502 e. The van der Waals surface area contributed by atoms with Crippen LogP contribution >= 0.6 is 0 Å². The number of nitrogens with one attached hydrogen (secondary N) is 1. The molecule has 1 fully saturated rings. The number of imide groups is 1. The lowest BCUT2D eigenvalue weighted by atomic mass is 9.97. The Labute approximate surface area is 217 Å². The minimum Gasteiger partial charge on any atom is -0.493 e. The number of hydrogen-bond donors (Lipinski definition) is 1. The Hall–Kier alpha value is -4.52. The van der Waals surface area contributed by atoms with Gasteiger partial charge in [-0.15, -0.1) is 4.90 Å². The second-order valence-corrected chi connectivity index (χ2v) is 8.65. The molecule has 2 aliphatic heterocycles. The zero-order valence-electron chi connectivity index (χ0n) is 21.1. The van der Waals surface area contributed by atoms with Crippen LogP contribution in [0, 0.1) is 6.92 Å². The van der Waals surface area contributed by atoms with Crippen LogP contribution in [-0.4, -0.2) is 83.4 Å². The Balaban J connectivity index is 1.34. The number of aryl methyl sites for hydroxylation is 1. The first-order valence-corrected chi connectivity index (χ1v) is 11.8. The third-order valence-corrected chi connectivity index (χ3v) is 6.20. The van der Waals surface area contributed by atoms with E-state index in [9.17, 15) is 14.4 Å². The molecule has 0 saturated carbocycles. The van der Waals surface area contributed by atoms with Crippen molar-refractivity contribution in [2.24, 2.45) is 0 Å². The van der Waals surface area contributed by atoms with E-state index in [0.717, 1.165) is 10.5 Å². The number of rotatable bonds is 9. The van der Waals surface area contributed by atoms with E-state index in [1.165, 1.54) is 4.58 Å². The van der Waals surface area contributed by atoms with E-state index >= 15 is 0 Å². The first-order chi connectivity index (χ1) is 18.4. The molecule has 3 heterocycles. The summed E-state index contributed by atoms with van der Waals surface area (Å²) in [6.07, 6.45) is 3.13. The number of nitrogens with zero attached hydrogens (tertiary/aromatic N) is 4. The molecule has 13 heteroatoms. The van der Waals surface area contributed by atoms with Crippen LogP contribution in [0.15, 0.2) is 46.2 Å². The van der Waals surface area contributed by atoms with E-state index in [1.54, 1.807) is 39.4 Å². The Morgan fingerprint density at radius 2 is 2.05 bits per heavy atom. The molecule has 1 N–H and O–H groups in total. The zero-order chi connectivity index (χ0) is 26.8. The number of carbonyl (C=O) groups is 3. The fraction of sp³-hybridized carbons (Fsp3) is 0.360. The summed E-state index contributed by atoms with van der Waals surface area (Å²) < 4.78 is 27.9. The van der Waals surface area contributed by atoms with Crippen LogP contribution in [0.4, 0.5) is 4.79 Å². The van der Waals surface area contributed by atoms with Gasteiger partial charge >= 0.3 is 11.9 Å². The van der Waals surface area contributed by atoms with Crippen molar-refractivity contribution in [3.8, 4) is 11.5 Å². The van der Waals surface area contributed by atoms with Crippen LogP contribution in [0.1, 0.15) is 17.3 Å². The number of methoxy groups -OCH3 is 2. The van der Waals surface area contributed by atoms with E-state index in [-0.39, 0.29) is 37.1 Å². The fourth-order valence-corrected chi connectivity index (χ4v) is 4.34. The molecule has 1 saturated heterocycles. The van der Waals surface area contributed by atoms with Crippen LogP contribution in [0.25, 0.3) is 0 Å². The average Bonchev–Trinajstić information content (AvgIpc) is 3.56. The molecule has 4 amide bonds. The molecule has 1 aliphatic carbocycles. The van der Waals surface area contributed by atoms with Crippen LogP contribution in [-0.2, 0) is 32.0 Å². The molecule has 1 aromatic heterocycles. The van der Waals surface area contributed by atoms with Crippen molar-refractivity contribution in [2.75, 3.05) is 34.1 Å². The summed E-state index contributed by atoms with van der Waals surface area (Å²) in [6, 6.07) is 4.82. The van der Waals surface area contributed by atoms with E-state index < -0.39 is 23.9 Å². The van der Waals surface area contributed by atoms with Crippen molar-refractivity contribution in [1.82, 2.24) is 20.4 Å². The van der Waals surface area contributed by atoms with Crippen LogP contribution in [0.2, 0.25) is 0 Å². The zero-order valence-corrected chi connectivity index (χ0v) is 21.1. The van der Waals surface area contributed by atoms with Crippen LogP contribution in [0.5, 0.6) is 11.5 Å². The van der Waals surface area contributed by atoms with Crippen LogP contribution in [0.3, 0.4) is 0 Å². The third-order valence-electron chi connectivity index (χ3n) is 6.20. The van der Waals surface area contributed by atoms with Gasteiger partial charge in [0.1, 0.15) is 23.1 Å². The second-order valence-electron chi connectivity index (χ2n) is 8.65. The minimum atomic E-state index is -0.692. The lowest BCUT2D eigenvalue weighted by Gasteiger charge is -2.24. The van der Waals surface area contributed by atoms with E-state index in [2.05, 4.69) is 15.5 Å². The first-order valence-electron chi connectivity index (χ1n) is 11.8. The van der Waals surface area contributed by atoms with E-state index in [4.69, 9.17) is 23.5 Å². The highest BCUT2D eigenvalue weighted by molar-refractivity contribution is 6.29. The fourth-order valence-electron chi connectivity index (χ4n) is 4.34. The molecule has 3 aliphatic rings. The van der Waals surface area contributed by atoms with Crippen molar-refractivity contribution < 1.29 is 42.4 Å². The molecule has 198 valence electrons. The minimum absolute atomic E-state index is 0.0251. The summed E-state index contributed by atoms with van der Waals surface area (Å²) >= 11 is 0. The number of urea groups is 1. The molecule has 0 radical (unpaired) electrons. The molecule has 38 heavy (non-hydrogen) atoms. The van der Waals surface area contributed by atoms with Gasteiger partial charge in [0.15, 0.2) is 37.2 Å². The normalized spacial score (nSPS) is 18.4. The Kier molecular flexibility index (Phi) is 6.92. The Bertz CT molecular complexity index is 1390. The van der Waals surface area contributed by atoms with Crippen molar-refractivity contribution >= 4 is 23.6 Å². The third kappa shape index (κ3) is 4.87. The van der Waals surface area contributed by atoms with Crippen molar-refractivity contribution in [3.63, 3.8) is 0 Å². The maximum atomic E-state index is 13.4. The second kappa shape index (κ2) is 10.5. The predicted molar refractivity (Wildman–Crippen MR) is 128 cm³/mol. The molecule has 1 unspecified atom stereocenters. The molecule has 0 bridgehead atoms. The quantitative estimate of drug-likeness (QED) is 0.469. The maximum Gasteiger partial charge on any atom is 0.502 e. The van der Waals surface area contributed by atoms with E-state index in [0.29, 0.717) is 36.0 Å². The Morgan fingerprint density at radius 1 is 1.24 bits per heavy atom. The standard InChI is InChI=1S/C25H25N5O8/c1-14-27-23(38-28-14)12-30-24(32)16-9-20-21(37-13-36-20)10-17(16)29(25(30)33)11-22(31)26-7-6-15-4-5-18(34-2)19(8-15)35-3/h4-5,8-10,20H,6-7,11-13H2,1-3H3/p+1. The van der Waals surface area contributed by atoms with Gasteiger partial charge in [0.05, 0.1) is 14.2 Å². The van der Waals surface area contributed by atoms with Gasteiger partial charge in [-0.1, -0.05) is 11.2 Å². The molecule has 1 aromatic carbocycles. The van der Waals surface area contributed by atoms with Gasteiger partial charge in [0, 0.05) is 12.6 Å². The number of aromatic nitrogens is 2. The number of carbonyl (C=O) groups excluding carboxylic acids is 3. The molecule has 1 atom stereocenters. The highest BCUT2D eigenvalue weighted by Gasteiger charge is 2.48. The predicted octanol–water partition coefficient (Wildman–Crippen LogP) is 0.867. The monoisotopic (exact) mass is 524 g/mol. The number of fused-ring (bicyclic) bond motifs is 2. The highest BCUT2D eigenvalue weighted by atomic mass is 16.7. The molecule has 13 nitrogen and oxygen atoms in total. The van der Waals surface area contributed by atoms with Gasteiger partial charge in [-0.05, 0) is 37.1 Å². The van der Waals surface area contributed by atoms with Gasteiger partial charge < -0.3 is 28.8 Å². The molecule has 2 aromatic rings. The van der Waals surface area contributed by atoms with Crippen molar-refractivity contribution in [1.29, 1.82) is 0 Å². The van der Waals surface area contributed by atoms with Gasteiger partial charge in [0.2, 0.25) is 0 Å². The summed E-state index contributed by atoms with van der Waals surface area (Å²) in [6.45, 7) is 1.42. The molecule has 0 spiro atoms. The smallest absolute Gasteiger partial charge is 0.493 e. The summed E-state index contributed by atoms with van der Waals surface area (Å²) in [5.41, 5.74) is 1.42. The topological polar surface area (TPSA) is 145 Å². The average molecular weight is 525 g/mol. The van der Waals surface area contributed by atoms with Gasteiger partial charge in [-0.25, -0.2) is 4.79 Å². The van der Waals surface area contributed by atoms with E-state index in [1.807, 2.05) is 12.1 Å². The first kappa shape index (κ1) is 25.1. The van der Waals surface area contributed by atoms with Crippen molar-refractivity contribution in [2.45, 2.75) is 26.0 Å². The van der Waals surface area contributed by atoms with Gasteiger partial charge in [-0.2, -0.15) is 14.4 Å². The summed E-state index contributed by atoms with van der Waals surface area (Å²) in [7, 11) is 3.11. The van der Waals surface area contributed by atoms with Crippen LogP contribution < -0.4 is 14.8 Å².